The Kier molecular flexibility index (Phi) is 3.89. The third-order valence-electron chi connectivity index (χ3n) is 2.88. The molecule has 90 valence electrons. The zero-order chi connectivity index (χ0) is 11.5. The molecule has 0 spiro atoms. The number of allylic oxidation sites excluding steroid dienone is 2. The molecule has 0 saturated carbocycles. The van der Waals surface area contributed by atoms with E-state index < -0.39 is 0 Å². The number of likely N-dealkylation sites (N-methyl/N-ethyl adjacent to an activating group) is 1. The molecule has 2 rings (SSSR count). The minimum absolute atomic E-state index is 0.0623. The Morgan fingerprint density at radius 1 is 1.62 bits per heavy atom. The van der Waals surface area contributed by atoms with Crippen molar-refractivity contribution < 1.29 is 9.84 Å². The van der Waals surface area contributed by atoms with E-state index in [4.69, 9.17) is 9.84 Å². The van der Waals surface area contributed by atoms with Crippen molar-refractivity contribution in [1.82, 2.24) is 9.80 Å². The number of hydrogen-bond donors (Lipinski definition) is 1. The average Bonchev–Trinajstić information content (AvgIpc) is 2.32. The molecule has 2 aliphatic rings. The standard InChI is InChI=1S/C11H17BrN2O2/c1-13-3-2-9(12)6-11(13)14-4-5-16-10(7-14)8-15/h2,6,10,15H,3-5,7-8H2,1H3. The second kappa shape index (κ2) is 5.21. The van der Waals surface area contributed by atoms with Gasteiger partial charge in [0.2, 0.25) is 0 Å². The van der Waals surface area contributed by atoms with Crippen LogP contribution in [-0.2, 0) is 4.74 Å². The van der Waals surface area contributed by atoms with Crippen LogP contribution in [-0.4, -0.2) is 60.9 Å². The molecule has 0 amide bonds. The van der Waals surface area contributed by atoms with Gasteiger partial charge >= 0.3 is 0 Å². The van der Waals surface area contributed by atoms with Gasteiger partial charge in [0.25, 0.3) is 0 Å². The predicted octanol–water partition coefficient (Wildman–Crippen LogP) is 0.745. The smallest absolute Gasteiger partial charge is 0.105 e. The molecule has 0 radical (unpaired) electrons. The highest BCUT2D eigenvalue weighted by atomic mass is 79.9. The van der Waals surface area contributed by atoms with E-state index in [1.54, 1.807) is 0 Å². The van der Waals surface area contributed by atoms with Gasteiger partial charge in [0.15, 0.2) is 0 Å². The van der Waals surface area contributed by atoms with E-state index in [0.717, 1.165) is 24.1 Å². The fourth-order valence-electron chi connectivity index (χ4n) is 1.98. The molecule has 1 fully saturated rings. The summed E-state index contributed by atoms with van der Waals surface area (Å²) >= 11 is 3.51. The molecule has 16 heavy (non-hydrogen) atoms. The van der Waals surface area contributed by atoms with Crippen molar-refractivity contribution in [2.75, 3.05) is 39.9 Å². The van der Waals surface area contributed by atoms with Crippen LogP contribution in [0.5, 0.6) is 0 Å². The quantitative estimate of drug-likeness (QED) is 0.813. The van der Waals surface area contributed by atoms with Crippen molar-refractivity contribution in [3.05, 3.63) is 22.5 Å². The van der Waals surface area contributed by atoms with Crippen molar-refractivity contribution in [3.8, 4) is 0 Å². The van der Waals surface area contributed by atoms with Crippen LogP contribution in [0.15, 0.2) is 22.5 Å². The van der Waals surface area contributed by atoms with Gasteiger partial charge in [-0.05, 0) is 6.08 Å². The van der Waals surface area contributed by atoms with Gasteiger partial charge in [-0.3, -0.25) is 0 Å². The normalized spacial score (nSPS) is 26.6. The molecule has 0 bridgehead atoms. The maximum atomic E-state index is 9.12. The summed E-state index contributed by atoms with van der Waals surface area (Å²) in [6, 6.07) is 0. The van der Waals surface area contributed by atoms with Crippen LogP contribution in [0, 0.1) is 0 Å². The number of rotatable bonds is 2. The Balaban J connectivity index is 2.08. The lowest BCUT2D eigenvalue weighted by Crippen LogP contribution is -2.47. The molecule has 1 unspecified atom stereocenters. The maximum absolute atomic E-state index is 9.12. The summed E-state index contributed by atoms with van der Waals surface area (Å²) in [6.45, 7) is 3.32. The molecule has 0 aromatic carbocycles. The lowest BCUT2D eigenvalue weighted by atomic mass is 10.2. The largest absolute Gasteiger partial charge is 0.394 e. The fourth-order valence-corrected chi connectivity index (χ4v) is 2.33. The highest BCUT2D eigenvalue weighted by Gasteiger charge is 2.24. The average molecular weight is 289 g/mol. The second-order valence-electron chi connectivity index (χ2n) is 4.09. The lowest BCUT2D eigenvalue weighted by Gasteiger charge is -2.39. The van der Waals surface area contributed by atoms with Crippen LogP contribution in [0.1, 0.15) is 0 Å². The summed E-state index contributed by atoms with van der Waals surface area (Å²) < 4.78 is 6.56. The van der Waals surface area contributed by atoms with Gasteiger partial charge in [-0.1, -0.05) is 22.0 Å². The first kappa shape index (κ1) is 12.0. The van der Waals surface area contributed by atoms with Crippen LogP contribution in [0.4, 0.5) is 0 Å². The number of hydrogen-bond acceptors (Lipinski definition) is 4. The van der Waals surface area contributed by atoms with Crippen LogP contribution in [0.25, 0.3) is 0 Å². The third kappa shape index (κ3) is 2.59. The SMILES string of the molecule is CN1CC=C(Br)C=C1N1CCOC(CO)C1. The highest BCUT2D eigenvalue weighted by molar-refractivity contribution is 9.11. The molecular weight excluding hydrogens is 272 g/mol. The monoisotopic (exact) mass is 288 g/mol. The number of nitrogens with zero attached hydrogens (tertiary/aromatic N) is 2. The van der Waals surface area contributed by atoms with Crippen LogP contribution < -0.4 is 0 Å². The molecule has 1 saturated heterocycles. The first-order valence-corrected chi connectivity index (χ1v) is 6.26. The molecule has 1 atom stereocenters. The predicted molar refractivity (Wildman–Crippen MR) is 66.1 cm³/mol. The Morgan fingerprint density at radius 3 is 3.19 bits per heavy atom. The molecule has 0 aromatic heterocycles. The lowest BCUT2D eigenvalue weighted by molar-refractivity contribution is -0.0493. The van der Waals surface area contributed by atoms with Crippen molar-refractivity contribution in [3.63, 3.8) is 0 Å². The van der Waals surface area contributed by atoms with Crippen LogP contribution >= 0.6 is 15.9 Å². The molecule has 5 heteroatoms. The summed E-state index contributed by atoms with van der Waals surface area (Å²) in [7, 11) is 2.07. The van der Waals surface area contributed by atoms with E-state index in [-0.39, 0.29) is 12.7 Å². The van der Waals surface area contributed by atoms with E-state index in [1.165, 1.54) is 5.82 Å². The molecule has 4 nitrogen and oxygen atoms in total. The molecule has 0 aromatic rings. The van der Waals surface area contributed by atoms with E-state index in [0.29, 0.717) is 6.61 Å². The van der Waals surface area contributed by atoms with Crippen LogP contribution in [0.3, 0.4) is 0 Å². The number of aliphatic hydroxyl groups is 1. The Morgan fingerprint density at radius 2 is 2.44 bits per heavy atom. The second-order valence-corrected chi connectivity index (χ2v) is 5.01. The summed E-state index contributed by atoms with van der Waals surface area (Å²) in [6.07, 6.45) is 4.18. The van der Waals surface area contributed by atoms with Gasteiger partial charge < -0.3 is 19.6 Å². The fraction of sp³-hybridized carbons (Fsp3) is 0.636. The Labute approximate surface area is 104 Å². The highest BCUT2D eigenvalue weighted by Crippen LogP contribution is 2.22. The van der Waals surface area contributed by atoms with Crippen LogP contribution in [0.2, 0.25) is 0 Å². The van der Waals surface area contributed by atoms with Crippen molar-refractivity contribution >= 4 is 15.9 Å². The minimum Gasteiger partial charge on any atom is -0.394 e. The van der Waals surface area contributed by atoms with Gasteiger partial charge in [0.05, 0.1) is 19.3 Å². The summed E-state index contributed by atoms with van der Waals surface area (Å²) in [5.74, 6) is 1.19. The van der Waals surface area contributed by atoms with Gasteiger partial charge in [-0.25, -0.2) is 0 Å². The number of ether oxygens (including phenoxy) is 1. The Hall–Kier alpha value is -0.520. The maximum Gasteiger partial charge on any atom is 0.105 e. The topological polar surface area (TPSA) is 35.9 Å². The van der Waals surface area contributed by atoms with Crippen molar-refractivity contribution in [2.24, 2.45) is 0 Å². The first-order valence-electron chi connectivity index (χ1n) is 5.46. The van der Waals surface area contributed by atoms with E-state index in [1.807, 2.05) is 0 Å². The van der Waals surface area contributed by atoms with Gasteiger partial charge in [-0.2, -0.15) is 0 Å². The third-order valence-corrected chi connectivity index (χ3v) is 3.44. The minimum atomic E-state index is -0.0623. The van der Waals surface area contributed by atoms with Crippen molar-refractivity contribution in [2.45, 2.75) is 6.10 Å². The number of morpholine rings is 1. The first-order chi connectivity index (χ1) is 7.70. The van der Waals surface area contributed by atoms with E-state index >= 15 is 0 Å². The molecule has 0 aliphatic carbocycles. The molecule has 1 N–H and O–H groups in total. The molecular formula is C11H17BrN2O2. The Bertz CT molecular complexity index is 317. The zero-order valence-corrected chi connectivity index (χ0v) is 11.0. The summed E-state index contributed by atoms with van der Waals surface area (Å²) in [4.78, 5) is 4.46. The van der Waals surface area contributed by atoms with E-state index in [9.17, 15) is 0 Å². The molecule has 2 aliphatic heterocycles. The summed E-state index contributed by atoms with van der Waals surface area (Å²) in [5.41, 5.74) is 0. The van der Waals surface area contributed by atoms with Gasteiger partial charge in [-0.15, -0.1) is 0 Å². The number of aliphatic hydroxyl groups excluding tert-OH is 1. The van der Waals surface area contributed by atoms with Gasteiger partial charge in [0.1, 0.15) is 5.82 Å². The van der Waals surface area contributed by atoms with E-state index in [2.05, 4.69) is 44.9 Å². The summed E-state index contributed by atoms with van der Waals surface area (Å²) in [5, 5.41) is 9.12. The van der Waals surface area contributed by atoms with Crippen molar-refractivity contribution in [1.29, 1.82) is 0 Å². The number of halogens is 1. The van der Waals surface area contributed by atoms with Gasteiger partial charge in [0, 0.05) is 31.2 Å². The zero-order valence-electron chi connectivity index (χ0n) is 9.40. The molecule has 2 heterocycles.